The maximum absolute atomic E-state index is 10.6. The first-order valence-electron chi connectivity index (χ1n) is 3.84. The first kappa shape index (κ1) is 10.1. The highest BCUT2D eigenvalue weighted by molar-refractivity contribution is 6.28. The minimum absolute atomic E-state index is 0.123. The van der Waals surface area contributed by atoms with Crippen molar-refractivity contribution in [2.45, 2.75) is 26.9 Å². The molecule has 1 rings (SSSR count). The minimum atomic E-state index is -0.576. The van der Waals surface area contributed by atoms with Gasteiger partial charge in [-0.15, -0.1) is 10.0 Å². The molecule has 0 amide bonds. The number of nitrogens with zero attached hydrogens (tertiary/aromatic N) is 4. The Hall–Kier alpha value is -0.970. The summed E-state index contributed by atoms with van der Waals surface area (Å²) < 4.78 is 1.37. The van der Waals surface area contributed by atoms with Crippen LogP contribution in [0.15, 0.2) is 11.5 Å². The molecule has 0 saturated carbocycles. The average molecular weight is 203 g/mol. The lowest BCUT2D eigenvalue weighted by atomic mass is 9.93. The highest BCUT2D eigenvalue weighted by atomic mass is 35.5. The Morgan fingerprint density at radius 1 is 1.62 bits per heavy atom. The molecular formula is C7H11ClN4O. The Kier molecular flexibility index (Phi) is 2.66. The molecule has 6 heteroatoms. The van der Waals surface area contributed by atoms with Gasteiger partial charge in [0.2, 0.25) is 5.28 Å². The van der Waals surface area contributed by atoms with Gasteiger partial charge in [-0.1, -0.05) is 20.8 Å². The van der Waals surface area contributed by atoms with Crippen molar-refractivity contribution in [1.29, 1.82) is 0 Å². The highest BCUT2D eigenvalue weighted by Gasteiger charge is 2.28. The zero-order valence-electron chi connectivity index (χ0n) is 7.73. The van der Waals surface area contributed by atoms with Gasteiger partial charge in [-0.25, -0.2) is 9.67 Å². The van der Waals surface area contributed by atoms with Crippen molar-refractivity contribution in [3.63, 3.8) is 0 Å². The van der Waals surface area contributed by atoms with Crippen molar-refractivity contribution in [2.24, 2.45) is 10.6 Å². The summed E-state index contributed by atoms with van der Waals surface area (Å²) in [6.07, 6.45) is 0.826. The molecule has 0 aromatic carbocycles. The van der Waals surface area contributed by atoms with E-state index in [2.05, 4.69) is 15.3 Å². The molecule has 0 bridgehead atoms. The van der Waals surface area contributed by atoms with Crippen LogP contribution >= 0.6 is 11.6 Å². The third-order valence-corrected chi connectivity index (χ3v) is 1.78. The van der Waals surface area contributed by atoms with Gasteiger partial charge in [0, 0.05) is 5.41 Å². The average Bonchev–Trinajstić information content (AvgIpc) is 2.34. The largest absolute Gasteiger partial charge is 0.242 e. The third kappa shape index (κ3) is 2.24. The van der Waals surface area contributed by atoms with Gasteiger partial charge in [-0.3, -0.25) is 0 Å². The molecule has 5 nitrogen and oxygen atoms in total. The molecule has 0 radical (unpaired) electrons. The van der Waals surface area contributed by atoms with Crippen LogP contribution in [0.25, 0.3) is 0 Å². The zero-order chi connectivity index (χ0) is 10.1. The molecule has 0 aliphatic carbocycles. The fraction of sp³-hybridized carbons (Fsp3) is 0.714. The molecule has 0 fully saturated rings. The molecule has 1 aromatic heterocycles. The van der Waals surface area contributed by atoms with Gasteiger partial charge in [0.15, 0.2) is 6.17 Å². The second-order valence-electron chi connectivity index (χ2n) is 3.84. The summed E-state index contributed by atoms with van der Waals surface area (Å²) in [6, 6.07) is 0. The van der Waals surface area contributed by atoms with Gasteiger partial charge in [-0.2, -0.15) is 0 Å². The molecule has 0 aliphatic heterocycles. The summed E-state index contributed by atoms with van der Waals surface area (Å²) in [5, 5.41) is 6.94. The Bertz CT molecular complexity index is 304. The number of rotatable bonds is 2. The van der Waals surface area contributed by atoms with Crippen LogP contribution < -0.4 is 0 Å². The van der Waals surface area contributed by atoms with Crippen LogP contribution in [0.5, 0.6) is 0 Å². The predicted octanol–water partition coefficient (Wildman–Crippen LogP) is 2.24. The van der Waals surface area contributed by atoms with Crippen LogP contribution in [0, 0.1) is 10.3 Å². The van der Waals surface area contributed by atoms with E-state index in [1.165, 1.54) is 11.0 Å². The Morgan fingerprint density at radius 2 is 2.23 bits per heavy atom. The maximum atomic E-state index is 10.6. The lowest BCUT2D eigenvalue weighted by Crippen LogP contribution is -2.22. The molecular weight excluding hydrogens is 192 g/mol. The Morgan fingerprint density at radius 3 is 2.54 bits per heavy atom. The molecule has 72 valence electrons. The first-order valence-corrected chi connectivity index (χ1v) is 4.22. The van der Waals surface area contributed by atoms with Gasteiger partial charge in [0.1, 0.15) is 6.33 Å². The predicted molar refractivity (Wildman–Crippen MR) is 49.3 cm³/mol. The fourth-order valence-corrected chi connectivity index (χ4v) is 1.11. The molecule has 1 aromatic rings. The quantitative estimate of drug-likeness (QED) is 0.691. The van der Waals surface area contributed by atoms with Crippen molar-refractivity contribution < 1.29 is 0 Å². The van der Waals surface area contributed by atoms with Crippen molar-refractivity contribution in [3.8, 4) is 0 Å². The summed E-state index contributed by atoms with van der Waals surface area (Å²) in [4.78, 5) is 14.3. The van der Waals surface area contributed by atoms with E-state index in [4.69, 9.17) is 11.6 Å². The van der Waals surface area contributed by atoms with E-state index in [1.807, 2.05) is 20.8 Å². The minimum Gasteiger partial charge on any atom is -0.223 e. The van der Waals surface area contributed by atoms with E-state index in [0.717, 1.165) is 0 Å². The van der Waals surface area contributed by atoms with Gasteiger partial charge in [-0.05, 0) is 16.8 Å². The van der Waals surface area contributed by atoms with Gasteiger partial charge in [0.25, 0.3) is 0 Å². The third-order valence-electron chi connectivity index (χ3n) is 1.61. The lowest BCUT2D eigenvalue weighted by Gasteiger charge is -2.23. The van der Waals surface area contributed by atoms with E-state index in [9.17, 15) is 4.91 Å². The summed E-state index contributed by atoms with van der Waals surface area (Å²) in [5.74, 6) is 0. The molecule has 1 unspecified atom stereocenters. The summed E-state index contributed by atoms with van der Waals surface area (Å²) in [7, 11) is 0. The second-order valence-corrected chi connectivity index (χ2v) is 4.18. The van der Waals surface area contributed by atoms with Crippen LogP contribution in [0.1, 0.15) is 26.9 Å². The van der Waals surface area contributed by atoms with E-state index < -0.39 is 6.17 Å². The van der Waals surface area contributed by atoms with E-state index in [-0.39, 0.29) is 10.7 Å². The van der Waals surface area contributed by atoms with Gasteiger partial charge in [0.05, 0.1) is 0 Å². The Labute approximate surface area is 81.1 Å². The van der Waals surface area contributed by atoms with Crippen molar-refractivity contribution in [3.05, 3.63) is 16.5 Å². The van der Waals surface area contributed by atoms with Crippen LogP contribution in [-0.4, -0.2) is 14.8 Å². The van der Waals surface area contributed by atoms with E-state index in [1.54, 1.807) is 0 Å². The number of hydrogen-bond acceptors (Lipinski definition) is 4. The van der Waals surface area contributed by atoms with Crippen LogP contribution in [0.4, 0.5) is 0 Å². The van der Waals surface area contributed by atoms with E-state index in [0.29, 0.717) is 0 Å². The standard InChI is InChI=1S/C7H11ClN4O/c1-7(2,3)5(11-13)12-4-9-6(8)10-12/h4-5H,1-3H3. The van der Waals surface area contributed by atoms with Crippen molar-refractivity contribution in [1.82, 2.24) is 14.8 Å². The zero-order valence-corrected chi connectivity index (χ0v) is 8.49. The summed E-state index contributed by atoms with van der Waals surface area (Å²) >= 11 is 5.52. The van der Waals surface area contributed by atoms with Crippen molar-refractivity contribution in [2.75, 3.05) is 0 Å². The summed E-state index contributed by atoms with van der Waals surface area (Å²) in [6.45, 7) is 5.69. The van der Waals surface area contributed by atoms with Crippen LogP contribution in [0.3, 0.4) is 0 Å². The maximum Gasteiger partial charge on any atom is 0.242 e. The molecule has 0 saturated heterocycles. The van der Waals surface area contributed by atoms with Gasteiger partial charge >= 0.3 is 0 Å². The van der Waals surface area contributed by atoms with Crippen molar-refractivity contribution >= 4 is 11.6 Å². The molecule has 0 aliphatic rings. The molecule has 0 spiro atoms. The number of nitroso groups, excluding NO2 is 1. The topological polar surface area (TPSA) is 60.1 Å². The number of hydrogen-bond donors (Lipinski definition) is 0. The number of halogens is 1. The molecule has 1 atom stereocenters. The monoisotopic (exact) mass is 202 g/mol. The number of aromatic nitrogens is 3. The molecule has 13 heavy (non-hydrogen) atoms. The van der Waals surface area contributed by atoms with Gasteiger partial charge < -0.3 is 0 Å². The second kappa shape index (κ2) is 3.41. The first-order chi connectivity index (χ1) is 5.95. The smallest absolute Gasteiger partial charge is 0.223 e. The summed E-state index contributed by atoms with van der Waals surface area (Å²) in [5.41, 5.74) is -0.293. The fourth-order valence-electron chi connectivity index (χ4n) is 0.975. The highest BCUT2D eigenvalue weighted by Crippen LogP contribution is 2.30. The normalized spacial score (nSPS) is 14.2. The van der Waals surface area contributed by atoms with Crippen LogP contribution in [-0.2, 0) is 0 Å². The molecule has 0 N–H and O–H groups in total. The van der Waals surface area contributed by atoms with E-state index >= 15 is 0 Å². The lowest BCUT2D eigenvalue weighted by molar-refractivity contribution is 0.231. The van der Waals surface area contributed by atoms with Crippen LogP contribution in [0.2, 0.25) is 5.28 Å². The molecule has 1 heterocycles. The SMILES string of the molecule is CC(C)(C)C(N=O)n1cnc(Cl)n1. The Balaban J connectivity index is 2.97.